The lowest BCUT2D eigenvalue weighted by molar-refractivity contribution is 0.137. The molecule has 0 saturated carbocycles. The van der Waals surface area contributed by atoms with E-state index in [4.69, 9.17) is 11.6 Å². The Morgan fingerprint density at radius 3 is 2.58 bits per heavy atom. The van der Waals surface area contributed by atoms with Crippen LogP contribution in [-0.4, -0.2) is 50.5 Å². The molecule has 1 saturated heterocycles. The average molecular weight is 374 g/mol. The van der Waals surface area contributed by atoms with Gasteiger partial charge in [0.2, 0.25) is 0 Å². The number of hydrogen-bond acceptors (Lipinski definition) is 3. The molecule has 8 heteroatoms. The summed E-state index contributed by atoms with van der Waals surface area (Å²) in [4.78, 5) is 32.9. The fourth-order valence-corrected chi connectivity index (χ4v) is 3.76. The molecule has 1 N–H and O–H groups in total. The number of anilines is 1. The lowest BCUT2D eigenvalue weighted by Gasteiger charge is -2.36. The molecule has 3 amide bonds. The van der Waals surface area contributed by atoms with E-state index in [1.807, 2.05) is 11.8 Å². The quantitative estimate of drug-likeness (QED) is 0.877. The first kappa shape index (κ1) is 16.9. The number of urea groups is 1. The molecule has 4 rings (SSSR count). The Morgan fingerprint density at radius 2 is 1.92 bits per heavy atom. The molecule has 0 bridgehead atoms. The van der Waals surface area contributed by atoms with Gasteiger partial charge < -0.3 is 15.1 Å². The van der Waals surface area contributed by atoms with E-state index >= 15 is 0 Å². The number of hydrogen-bond donors (Lipinski definition) is 1. The van der Waals surface area contributed by atoms with E-state index in [9.17, 15) is 9.59 Å². The molecule has 1 aromatic heterocycles. The first-order valence-corrected chi connectivity index (χ1v) is 9.06. The molecule has 2 aromatic rings. The molecule has 0 aliphatic carbocycles. The molecule has 0 atom stereocenters. The Hall–Kier alpha value is -2.54. The summed E-state index contributed by atoms with van der Waals surface area (Å²) in [6.07, 6.45) is 3.32. The number of halogens is 1. The van der Waals surface area contributed by atoms with Crippen LogP contribution in [0, 0.1) is 6.92 Å². The topological polar surface area (TPSA) is 70.5 Å². The van der Waals surface area contributed by atoms with E-state index in [0.29, 0.717) is 24.7 Å². The largest absolute Gasteiger partial charge is 0.330 e. The fourth-order valence-electron chi connectivity index (χ4n) is 3.64. The molecule has 1 aromatic carbocycles. The van der Waals surface area contributed by atoms with Gasteiger partial charge in [-0.05, 0) is 44.0 Å². The van der Waals surface area contributed by atoms with E-state index in [-0.39, 0.29) is 18.1 Å². The van der Waals surface area contributed by atoms with Gasteiger partial charge in [-0.2, -0.15) is 0 Å². The monoisotopic (exact) mass is 373 g/mol. The highest BCUT2D eigenvalue weighted by atomic mass is 35.5. The smallest absolute Gasteiger partial charge is 0.324 e. The van der Waals surface area contributed by atoms with Crippen LogP contribution in [-0.2, 0) is 6.54 Å². The van der Waals surface area contributed by atoms with Crippen LogP contribution >= 0.6 is 11.6 Å². The number of carbonyl (C=O) groups excluding carboxylic acids is 2. The Labute approximate surface area is 156 Å². The number of piperidine rings is 1. The number of imidazole rings is 1. The second kappa shape index (κ2) is 6.64. The maximum absolute atomic E-state index is 12.6. The van der Waals surface area contributed by atoms with E-state index in [1.165, 1.54) is 0 Å². The summed E-state index contributed by atoms with van der Waals surface area (Å²) in [5.41, 5.74) is 1.66. The third-order valence-corrected chi connectivity index (χ3v) is 5.32. The second-order valence-corrected chi connectivity index (χ2v) is 7.13. The molecule has 0 spiro atoms. The number of nitrogens with zero attached hydrogens (tertiary/aromatic N) is 4. The van der Waals surface area contributed by atoms with Crippen molar-refractivity contribution in [1.82, 2.24) is 19.4 Å². The predicted molar refractivity (Wildman–Crippen MR) is 98.4 cm³/mol. The summed E-state index contributed by atoms with van der Waals surface area (Å²) in [5.74, 6) is 0.729. The summed E-state index contributed by atoms with van der Waals surface area (Å²) in [5, 5.41) is 3.52. The summed E-state index contributed by atoms with van der Waals surface area (Å²) >= 11 is 5.86. The minimum absolute atomic E-state index is 0.000865. The highest BCUT2D eigenvalue weighted by Crippen LogP contribution is 2.26. The summed E-state index contributed by atoms with van der Waals surface area (Å²) in [7, 11) is 0. The highest BCUT2D eigenvalue weighted by molar-refractivity contribution is 6.30. The predicted octanol–water partition coefficient (Wildman–Crippen LogP) is 3.33. The molecule has 7 nitrogen and oxygen atoms in total. The first-order valence-electron chi connectivity index (χ1n) is 8.68. The average Bonchev–Trinajstić information content (AvgIpc) is 3.17. The van der Waals surface area contributed by atoms with Crippen LogP contribution in [0.1, 0.15) is 24.4 Å². The van der Waals surface area contributed by atoms with Gasteiger partial charge in [0.1, 0.15) is 5.82 Å². The molecule has 3 heterocycles. The lowest BCUT2D eigenvalue weighted by atomic mass is 10.0. The number of benzene rings is 1. The Balaban J connectivity index is 1.34. The van der Waals surface area contributed by atoms with Crippen LogP contribution in [0.4, 0.5) is 15.3 Å². The van der Waals surface area contributed by atoms with Gasteiger partial charge >= 0.3 is 12.1 Å². The number of nitrogens with one attached hydrogen (secondary N) is 1. The van der Waals surface area contributed by atoms with E-state index in [2.05, 4.69) is 10.3 Å². The number of rotatable bonds is 2. The Morgan fingerprint density at radius 1 is 1.23 bits per heavy atom. The van der Waals surface area contributed by atoms with Gasteiger partial charge in [-0.1, -0.05) is 11.6 Å². The second-order valence-electron chi connectivity index (χ2n) is 6.70. The molecule has 2 aliphatic heterocycles. The molecule has 0 unspecified atom stereocenters. The van der Waals surface area contributed by atoms with Crippen molar-refractivity contribution in [2.24, 2.45) is 0 Å². The third kappa shape index (κ3) is 3.03. The normalized spacial score (nSPS) is 17.5. The first-order chi connectivity index (χ1) is 12.5. The zero-order valence-corrected chi connectivity index (χ0v) is 15.2. The highest BCUT2D eigenvalue weighted by Gasteiger charge is 2.36. The number of likely N-dealkylation sites (tertiary alicyclic amines) is 1. The number of fused-ring (bicyclic) bond motifs is 1. The van der Waals surface area contributed by atoms with Crippen LogP contribution in [0.2, 0.25) is 5.02 Å². The maximum atomic E-state index is 12.6. The summed E-state index contributed by atoms with van der Waals surface area (Å²) in [6.45, 7) is 3.69. The zero-order chi connectivity index (χ0) is 18.3. The van der Waals surface area contributed by atoms with Crippen molar-refractivity contribution in [2.45, 2.75) is 32.4 Å². The van der Waals surface area contributed by atoms with Gasteiger partial charge in [-0.3, -0.25) is 4.57 Å². The summed E-state index contributed by atoms with van der Waals surface area (Å²) in [6, 6.07) is 7.08. The molecular formula is C18H20ClN5O2. The van der Waals surface area contributed by atoms with Crippen molar-refractivity contribution in [1.29, 1.82) is 0 Å². The minimum Gasteiger partial charge on any atom is -0.324 e. The summed E-state index contributed by atoms with van der Waals surface area (Å²) < 4.78 is 1.68. The zero-order valence-electron chi connectivity index (χ0n) is 14.5. The minimum atomic E-state index is -0.121. The van der Waals surface area contributed by atoms with Gasteiger partial charge in [0, 0.05) is 29.8 Å². The number of aryl methyl sites for hydroxylation is 1. The van der Waals surface area contributed by atoms with Crippen molar-refractivity contribution in [3.8, 4) is 0 Å². The molecule has 0 radical (unpaired) electrons. The van der Waals surface area contributed by atoms with Gasteiger partial charge in [-0.15, -0.1) is 0 Å². The lowest BCUT2D eigenvalue weighted by Crippen LogP contribution is -2.48. The molecule has 136 valence electrons. The van der Waals surface area contributed by atoms with Crippen LogP contribution < -0.4 is 5.32 Å². The van der Waals surface area contributed by atoms with Gasteiger partial charge in [0.15, 0.2) is 0 Å². The molecule has 26 heavy (non-hydrogen) atoms. The maximum Gasteiger partial charge on any atom is 0.330 e. The molecule has 1 fully saturated rings. The van der Waals surface area contributed by atoms with E-state index in [1.54, 1.807) is 39.9 Å². The van der Waals surface area contributed by atoms with E-state index < -0.39 is 0 Å². The van der Waals surface area contributed by atoms with Crippen molar-refractivity contribution < 1.29 is 9.59 Å². The van der Waals surface area contributed by atoms with Crippen molar-refractivity contribution in [3.63, 3.8) is 0 Å². The van der Waals surface area contributed by atoms with Crippen molar-refractivity contribution >= 4 is 29.4 Å². The number of carbonyl (C=O) groups is 2. The number of aromatic nitrogens is 2. The SMILES string of the molecule is Cc1ncc2n1C(=O)N(C1CCN(C(=O)Nc3ccc(Cl)cc3)CC1)C2. The van der Waals surface area contributed by atoms with E-state index in [0.717, 1.165) is 30.0 Å². The van der Waals surface area contributed by atoms with Gasteiger partial charge in [0.25, 0.3) is 0 Å². The third-order valence-electron chi connectivity index (χ3n) is 5.07. The van der Waals surface area contributed by atoms with Crippen LogP contribution in [0.5, 0.6) is 0 Å². The Kier molecular flexibility index (Phi) is 4.32. The fraction of sp³-hybridized carbons (Fsp3) is 0.389. The Bertz CT molecular complexity index is 840. The van der Waals surface area contributed by atoms with Crippen molar-refractivity contribution in [3.05, 3.63) is 47.0 Å². The van der Waals surface area contributed by atoms with Crippen LogP contribution in [0.15, 0.2) is 30.5 Å². The molecule has 2 aliphatic rings. The van der Waals surface area contributed by atoms with Gasteiger partial charge in [-0.25, -0.2) is 14.6 Å². The standard InChI is InChI=1S/C18H20ClN5O2/c1-12-20-10-16-11-23(18(26)24(12)16)15-6-8-22(9-7-15)17(25)21-14-4-2-13(19)3-5-14/h2-5,10,15H,6-9,11H2,1H3,(H,21,25). The number of amides is 3. The van der Waals surface area contributed by atoms with Crippen LogP contribution in [0.3, 0.4) is 0 Å². The van der Waals surface area contributed by atoms with Gasteiger partial charge in [0.05, 0.1) is 18.4 Å². The molecular weight excluding hydrogens is 354 g/mol. The van der Waals surface area contributed by atoms with Crippen LogP contribution in [0.25, 0.3) is 0 Å². The van der Waals surface area contributed by atoms with Crippen molar-refractivity contribution in [2.75, 3.05) is 18.4 Å².